The van der Waals surface area contributed by atoms with Gasteiger partial charge in [0.25, 0.3) is 5.91 Å². The van der Waals surface area contributed by atoms with Crippen LogP contribution in [0.5, 0.6) is 5.75 Å². The Hall–Kier alpha value is -6.34. The number of piperidine rings is 1. The van der Waals surface area contributed by atoms with Crippen LogP contribution in [-0.4, -0.2) is 94.1 Å². The molecule has 0 radical (unpaired) electrons. The van der Waals surface area contributed by atoms with Gasteiger partial charge in [-0.1, -0.05) is 55.4 Å². The molecule has 1 aliphatic carbocycles. The number of carbonyl (C=O) groups excluding carboxylic acids is 2. The summed E-state index contributed by atoms with van der Waals surface area (Å²) >= 11 is 3.34. The molecule has 7 aromatic rings. The number of urea groups is 1. The number of carbonyl (C=O) groups is 2. The van der Waals surface area contributed by atoms with Crippen molar-refractivity contribution in [2.24, 2.45) is 5.92 Å². The fourth-order valence-electron chi connectivity index (χ4n) is 9.00. The van der Waals surface area contributed by atoms with E-state index in [1.165, 1.54) is 33.3 Å². The summed E-state index contributed by atoms with van der Waals surface area (Å²) in [5.74, 6) is 0.666. The van der Waals surface area contributed by atoms with Crippen LogP contribution in [0.1, 0.15) is 97.7 Å². The minimum absolute atomic E-state index is 0.188. The van der Waals surface area contributed by atoms with E-state index < -0.39 is 17.9 Å². The molecular formula is C47H49N11O5S2. The van der Waals surface area contributed by atoms with E-state index in [0.717, 1.165) is 62.9 Å². The van der Waals surface area contributed by atoms with Crippen LogP contribution in [0.15, 0.2) is 83.1 Å². The second-order valence-electron chi connectivity index (χ2n) is 17.5. The van der Waals surface area contributed by atoms with Crippen molar-refractivity contribution in [2.75, 3.05) is 31.3 Å². The van der Waals surface area contributed by atoms with Crippen molar-refractivity contribution in [3.05, 3.63) is 106 Å². The summed E-state index contributed by atoms with van der Waals surface area (Å²) in [4.78, 5) is 47.4. The second kappa shape index (κ2) is 17.6. The van der Waals surface area contributed by atoms with Crippen molar-refractivity contribution in [2.45, 2.75) is 77.2 Å². The molecule has 18 heteroatoms. The third-order valence-electron chi connectivity index (χ3n) is 12.7. The quantitative estimate of drug-likeness (QED) is 0.112. The summed E-state index contributed by atoms with van der Waals surface area (Å²) in [7, 11) is 0. The lowest BCUT2D eigenvalue weighted by Gasteiger charge is -2.32. The first-order chi connectivity index (χ1) is 31.5. The number of para-hydroxylation sites is 1. The van der Waals surface area contributed by atoms with E-state index in [9.17, 15) is 19.9 Å². The number of hydrogen-bond donors (Lipinski definition) is 3. The summed E-state index contributed by atoms with van der Waals surface area (Å²) in [6, 6.07) is 18.1. The van der Waals surface area contributed by atoms with Crippen LogP contribution in [0.3, 0.4) is 0 Å². The number of phenolic OH excluding ortho intramolecular Hbond substituents is 1. The van der Waals surface area contributed by atoms with Crippen molar-refractivity contribution < 1.29 is 24.4 Å². The Morgan fingerprint density at radius 1 is 0.862 bits per heavy atom. The fraction of sp³-hybridized carbons (Fsp3) is 0.362. The van der Waals surface area contributed by atoms with E-state index in [2.05, 4.69) is 36.6 Å². The van der Waals surface area contributed by atoms with Gasteiger partial charge in [0, 0.05) is 52.9 Å². The number of aryl methyl sites for hydroxylation is 1. The van der Waals surface area contributed by atoms with E-state index >= 15 is 0 Å². The van der Waals surface area contributed by atoms with Gasteiger partial charge >= 0.3 is 6.03 Å². The molecule has 2 saturated heterocycles. The highest BCUT2D eigenvalue weighted by atomic mass is 32.1. The highest BCUT2D eigenvalue weighted by molar-refractivity contribution is 7.19. The maximum atomic E-state index is 14.3. The van der Waals surface area contributed by atoms with Crippen molar-refractivity contribution in [3.63, 3.8) is 0 Å². The Balaban J connectivity index is 0.786. The van der Waals surface area contributed by atoms with E-state index in [1.54, 1.807) is 47.2 Å². The molecule has 7 heterocycles. The molecule has 2 aromatic carbocycles. The largest absolute Gasteiger partial charge is 0.507 e. The third kappa shape index (κ3) is 8.42. The monoisotopic (exact) mass is 911 g/mol. The van der Waals surface area contributed by atoms with Crippen LogP contribution in [0, 0.1) is 12.8 Å². The highest BCUT2D eigenvalue weighted by Crippen LogP contribution is 2.51. The summed E-state index contributed by atoms with van der Waals surface area (Å²) < 4.78 is 5.82. The average Bonchev–Trinajstić information content (AvgIpc) is 3.60. The van der Waals surface area contributed by atoms with Crippen LogP contribution in [0.25, 0.3) is 43.2 Å². The minimum Gasteiger partial charge on any atom is -0.507 e. The summed E-state index contributed by atoms with van der Waals surface area (Å²) in [6.07, 6.45) is 7.73. The third-order valence-corrected chi connectivity index (χ3v) is 14.9. The number of phenols is 1. The number of thiophene rings is 1. The maximum absolute atomic E-state index is 14.3. The van der Waals surface area contributed by atoms with Gasteiger partial charge in [0.05, 0.1) is 27.8 Å². The SMILES string of the molecule is Cc1ncsc1-c1ccc([C@H](C)NC(=O)N2CN(O)CN2C(=O)[C@@H](c2cc(-c3cnc(N4CCC(c5sc6nnc(-c7ccccc7O)cc6c5C5CC5)CC4)nc3)no2)C(C)C)cc1. The van der Waals surface area contributed by atoms with Crippen LogP contribution in [0.4, 0.5) is 10.7 Å². The van der Waals surface area contributed by atoms with Gasteiger partial charge in [-0.05, 0) is 92.2 Å². The molecule has 10 rings (SSSR count). The van der Waals surface area contributed by atoms with Crippen molar-refractivity contribution >= 4 is 50.8 Å². The Morgan fingerprint density at radius 3 is 2.29 bits per heavy atom. The Bertz CT molecular complexity index is 2850. The molecule has 0 bridgehead atoms. The van der Waals surface area contributed by atoms with Crippen molar-refractivity contribution in [1.29, 1.82) is 0 Å². The zero-order chi connectivity index (χ0) is 44.9. The average molecular weight is 912 g/mol. The molecule has 0 unspecified atom stereocenters. The molecule has 3 fully saturated rings. The number of rotatable bonds is 11. The summed E-state index contributed by atoms with van der Waals surface area (Å²) in [6.45, 7) is 8.88. The number of nitrogens with one attached hydrogen (secondary N) is 1. The van der Waals surface area contributed by atoms with Gasteiger partial charge in [-0.3, -0.25) is 4.79 Å². The number of aromatic nitrogens is 6. The normalized spacial score (nSPS) is 17.0. The fourth-order valence-corrected chi connectivity index (χ4v) is 11.2. The lowest BCUT2D eigenvalue weighted by atomic mass is 9.91. The first-order valence-corrected chi connectivity index (χ1v) is 23.7. The number of hydroxylamine groups is 2. The topological polar surface area (TPSA) is 190 Å². The molecule has 16 nitrogen and oxygen atoms in total. The Morgan fingerprint density at radius 2 is 1.60 bits per heavy atom. The first-order valence-electron chi connectivity index (χ1n) is 22.0. The van der Waals surface area contributed by atoms with Gasteiger partial charge in [0.15, 0.2) is 0 Å². The van der Waals surface area contributed by atoms with Crippen molar-refractivity contribution in [1.82, 2.24) is 50.7 Å². The molecule has 1 saturated carbocycles. The van der Waals surface area contributed by atoms with Crippen LogP contribution < -0.4 is 10.2 Å². The minimum atomic E-state index is -0.799. The number of anilines is 1. The molecule has 0 spiro atoms. The molecular weight excluding hydrogens is 863 g/mol. The predicted molar refractivity (Wildman–Crippen MR) is 247 cm³/mol. The van der Waals surface area contributed by atoms with Gasteiger partial charge in [-0.2, -0.15) is 0 Å². The van der Waals surface area contributed by atoms with E-state index in [-0.39, 0.29) is 31.0 Å². The van der Waals surface area contributed by atoms with Gasteiger partial charge in [-0.15, -0.1) is 37.9 Å². The molecule has 3 N–H and O–H groups in total. The van der Waals surface area contributed by atoms with Crippen molar-refractivity contribution in [3.8, 4) is 38.7 Å². The number of hydrogen-bond acceptors (Lipinski definition) is 15. The van der Waals surface area contributed by atoms with Crippen LogP contribution >= 0.6 is 22.7 Å². The van der Waals surface area contributed by atoms with Gasteiger partial charge in [0.2, 0.25) is 5.95 Å². The lowest BCUT2D eigenvalue weighted by molar-refractivity contribution is -0.145. The number of benzene rings is 2. The lowest BCUT2D eigenvalue weighted by Crippen LogP contribution is -2.51. The summed E-state index contributed by atoms with van der Waals surface area (Å²) in [5, 5.41) is 42.0. The number of aromatic hydroxyl groups is 1. The molecule has 65 heavy (non-hydrogen) atoms. The summed E-state index contributed by atoms with van der Waals surface area (Å²) in [5.41, 5.74) is 8.65. The number of amides is 3. The predicted octanol–water partition coefficient (Wildman–Crippen LogP) is 9.08. The zero-order valence-electron chi connectivity index (χ0n) is 36.5. The molecule has 3 aliphatic rings. The van der Waals surface area contributed by atoms with E-state index in [0.29, 0.717) is 46.1 Å². The van der Waals surface area contributed by atoms with Crippen LogP contribution in [0.2, 0.25) is 0 Å². The first kappa shape index (κ1) is 42.6. The zero-order valence-corrected chi connectivity index (χ0v) is 38.1. The van der Waals surface area contributed by atoms with Gasteiger partial charge in [-0.25, -0.2) is 29.8 Å². The van der Waals surface area contributed by atoms with E-state index in [4.69, 9.17) is 14.5 Å². The van der Waals surface area contributed by atoms with Gasteiger partial charge in [0.1, 0.15) is 41.3 Å². The standard InChI is InChI=1S/C47H49N11O5S2/c1-26(2)40(45(60)57-24-56(62)25-58(57)47(61)51-27(3)29-9-13-31(14-10-29)42-28(4)50-23-64-42)39-20-36(54-63-39)33-21-48-46(49-22-33)55-17-15-32(16-18-55)43-41(30-11-12-30)35-19-37(52-53-44(35)65-43)34-7-5-6-8-38(34)59/h5-10,13-14,19-23,26-27,30,32,40,59,62H,11-12,15-18,24-25H2,1-4H3,(H,51,61)/t27-,40+/m0/s1. The second-order valence-corrected chi connectivity index (χ2v) is 19.4. The Labute approximate surface area is 383 Å². The smallest absolute Gasteiger partial charge is 0.338 e. The maximum Gasteiger partial charge on any atom is 0.338 e. The molecule has 2 atom stereocenters. The Kier molecular flexibility index (Phi) is 11.5. The molecule has 5 aromatic heterocycles. The van der Waals surface area contributed by atoms with Gasteiger partial charge < -0.3 is 25.1 Å². The molecule has 3 amide bonds. The number of nitrogens with zero attached hydrogens (tertiary/aromatic N) is 10. The number of fused-ring (bicyclic) bond motifs is 1. The molecule has 2 aliphatic heterocycles. The van der Waals surface area contributed by atoms with E-state index in [1.807, 2.05) is 75.7 Å². The molecule has 334 valence electrons. The number of hydrazine groups is 1. The highest BCUT2D eigenvalue weighted by Gasteiger charge is 2.42. The van der Waals surface area contributed by atoms with Crippen LogP contribution in [-0.2, 0) is 4.79 Å². The number of thiazole rings is 1.